The lowest BCUT2D eigenvalue weighted by molar-refractivity contribution is -0.125. The van der Waals surface area contributed by atoms with Crippen molar-refractivity contribution in [1.29, 1.82) is 0 Å². The maximum atomic E-state index is 13.3. The number of rotatable bonds is 9. The van der Waals surface area contributed by atoms with Gasteiger partial charge in [0.2, 0.25) is 0 Å². The largest absolute Gasteiger partial charge is 0.289 e. The molecule has 0 unspecified atom stereocenters. The highest BCUT2D eigenvalue weighted by Gasteiger charge is 2.33. The van der Waals surface area contributed by atoms with E-state index in [1.54, 1.807) is 5.01 Å². The van der Waals surface area contributed by atoms with Gasteiger partial charge in [-0.2, -0.15) is 5.10 Å². The van der Waals surface area contributed by atoms with Gasteiger partial charge in [0.25, 0.3) is 5.91 Å². The molecule has 1 aliphatic heterocycles. The lowest BCUT2D eigenvalue weighted by Crippen LogP contribution is -2.24. The molecule has 0 fully saturated rings. The summed E-state index contributed by atoms with van der Waals surface area (Å²) >= 11 is 0. The van der Waals surface area contributed by atoms with Crippen LogP contribution in [0.3, 0.4) is 0 Å². The first-order valence-electron chi connectivity index (χ1n) is 11.3. The minimum atomic E-state index is -0.0720. The van der Waals surface area contributed by atoms with Gasteiger partial charge in [0.15, 0.2) is 5.78 Å². The Hall–Kier alpha value is -2.75. The van der Waals surface area contributed by atoms with Crippen molar-refractivity contribution in [2.24, 2.45) is 5.10 Å². The third kappa shape index (κ3) is 4.69. The fourth-order valence-corrected chi connectivity index (χ4v) is 3.87. The third-order valence-corrected chi connectivity index (χ3v) is 5.52. The summed E-state index contributed by atoms with van der Waals surface area (Å²) in [6.07, 6.45) is 10.2. The SMILES string of the molecule is CCCCC1=CC(=C2C(=O)N(CCC)N=C2c2ccccc2)C=C(CCCC)C1=O. The van der Waals surface area contributed by atoms with E-state index >= 15 is 0 Å². The number of hydrogen-bond donors (Lipinski definition) is 0. The van der Waals surface area contributed by atoms with Crippen LogP contribution in [-0.4, -0.2) is 29.0 Å². The highest BCUT2D eigenvalue weighted by molar-refractivity contribution is 6.32. The summed E-state index contributed by atoms with van der Waals surface area (Å²) in [5, 5.41) is 6.25. The zero-order valence-corrected chi connectivity index (χ0v) is 18.4. The van der Waals surface area contributed by atoms with E-state index in [-0.39, 0.29) is 11.7 Å². The Labute approximate surface area is 180 Å². The lowest BCUT2D eigenvalue weighted by atomic mass is 9.85. The van der Waals surface area contributed by atoms with Crippen molar-refractivity contribution in [3.8, 4) is 0 Å². The van der Waals surface area contributed by atoms with Crippen LogP contribution in [0.25, 0.3) is 0 Å². The first-order chi connectivity index (χ1) is 14.6. The maximum absolute atomic E-state index is 13.3. The number of Topliss-reactive ketones (excluding diaryl/α,β-unsaturated/α-hetero) is 1. The van der Waals surface area contributed by atoms with Crippen LogP contribution >= 0.6 is 0 Å². The van der Waals surface area contributed by atoms with E-state index < -0.39 is 0 Å². The van der Waals surface area contributed by atoms with Crippen molar-refractivity contribution < 1.29 is 9.59 Å². The molecule has 1 amide bonds. The Morgan fingerprint density at radius 1 is 0.833 bits per heavy atom. The van der Waals surface area contributed by atoms with Gasteiger partial charge in [0.1, 0.15) is 5.71 Å². The van der Waals surface area contributed by atoms with E-state index in [0.717, 1.165) is 67.2 Å². The summed E-state index contributed by atoms with van der Waals surface area (Å²) in [7, 11) is 0. The molecule has 3 rings (SSSR count). The fourth-order valence-electron chi connectivity index (χ4n) is 3.87. The third-order valence-electron chi connectivity index (χ3n) is 5.52. The Morgan fingerprint density at radius 2 is 1.43 bits per heavy atom. The molecule has 0 radical (unpaired) electrons. The summed E-state index contributed by atoms with van der Waals surface area (Å²) < 4.78 is 0. The van der Waals surface area contributed by atoms with Gasteiger partial charge in [0, 0.05) is 23.3 Å². The van der Waals surface area contributed by atoms with Crippen molar-refractivity contribution in [3.05, 3.63) is 70.3 Å². The second-order valence-corrected chi connectivity index (χ2v) is 7.95. The Morgan fingerprint density at radius 3 is 1.97 bits per heavy atom. The smallest absolute Gasteiger partial charge is 0.276 e. The van der Waals surface area contributed by atoms with E-state index in [1.165, 1.54) is 0 Å². The summed E-state index contributed by atoms with van der Waals surface area (Å²) in [5.41, 5.74) is 4.72. The zero-order valence-electron chi connectivity index (χ0n) is 18.4. The van der Waals surface area contributed by atoms with Crippen LogP contribution in [-0.2, 0) is 9.59 Å². The topological polar surface area (TPSA) is 49.7 Å². The van der Waals surface area contributed by atoms with Gasteiger partial charge in [-0.25, -0.2) is 5.01 Å². The minimum Gasteiger partial charge on any atom is -0.289 e. The number of ketones is 1. The Balaban J connectivity index is 2.13. The fraction of sp³-hybridized carbons (Fsp3) is 0.423. The summed E-state index contributed by atoms with van der Waals surface area (Å²) in [5.74, 6) is 0.0764. The molecule has 1 aliphatic carbocycles. The molecular formula is C26H32N2O2. The molecule has 4 nitrogen and oxygen atoms in total. The summed E-state index contributed by atoms with van der Waals surface area (Å²) in [6, 6.07) is 9.85. The van der Waals surface area contributed by atoms with Crippen molar-refractivity contribution >= 4 is 17.4 Å². The average Bonchev–Trinajstić information content (AvgIpc) is 3.09. The monoisotopic (exact) mass is 404 g/mol. The molecule has 30 heavy (non-hydrogen) atoms. The first-order valence-corrected chi connectivity index (χ1v) is 11.3. The number of benzene rings is 1. The van der Waals surface area contributed by atoms with E-state index in [1.807, 2.05) is 49.4 Å². The molecule has 0 atom stereocenters. The molecule has 1 aromatic carbocycles. The molecule has 1 heterocycles. The molecule has 2 aliphatic rings. The van der Waals surface area contributed by atoms with Crippen molar-refractivity contribution in [3.63, 3.8) is 0 Å². The molecule has 0 saturated heterocycles. The Bertz CT molecular complexity index is 890. The highest BCUT2D eigenvalue weighted by atomic mass is 16.2. The number of nitrogens with zero attached hydrogens (tertiary/aromatic N) is 2. The van der Waals surface area contributed by atoms with Gasteiger partial charge in [-0.05, 0) is 49.8 Å². The van der Waals surface area contributed by atoms with Gasteiger partial charge in [-0.15, -0.1) is 0 Å². The normalized spacial score (nSPS) is 16.8. The minimum absolute atomic E-state index is 0.0720. The van der Waals surface area contributed by atoms with Crippen molar-refractivity contribution in [1.82, 2.24) is 5.01 Å². The number of allylic oxidation sites excluding steroid dienone is 5. The van der Waals surface area contributed by atoms with E-state index in [0.29, 0.717) is 17.8 Å². The predicted octanol–water partition coefficient (Wildman–Crippen LogP) is 5.76. The maximum Gasteiger partial charge on any atom is 0.276 e. The number of carbonyl (C=O) groups is 2. The average molecular weight is 405 g/mol. The van der Waals surface area contributed by atoms with Crippen LogP contribution in [0.15, 0.2) is 69.9 Å². The van der Waals surface area contributed by atoms with Gasteiger partial charge < -0.3 is 0 Å². The molecule has 0 bridgehead atoms. The van der Waals surface area contributed by atoms with Crippen molar-refractivity contribution in [2.45, 2.75) is 65.7 Å². The number of carbonyl (C=O) groups excluding carboxylic acids is 2. The quantitative estimate of drug-likeness (QED) is 0.492. The van der Waals surface area contributed by atoms with E-state index in [9.17, 15) is 9.59 Å². The van der Waals surface area contributed by atoms with Crippen LogP contribution in [0.5, 0.6) is 0 Å². The molecule has 4 heteroatoms. The van der Waals surface area contributed by atoms with Crippen LogP contribution < -0.4 is 0 Å². The van der Waals surface area contributed by atoms with Crippen LogP contribution in [0, 0.1) is 0 Å². The lowest BCUT2D eigenvalue weighted by Gasteiger charge is -2.18. The van der Waals surface area contributed by atoms with Gasteiger partial charge in [0.05, 0.1) is 5.57 Å². The second-order valence-electron chi connectivity index (χ2n) is 7.95. The van der Waals surface area contributed by atoms with Gasteiger partial charge >= 0.3 is 0 Å². The van der Waals surface area contributed by atoms with Crippen molar-refractivity contribution in [2.75, 3.05) is 6.54 Å². The molecule has 1 aromatic rings. The van der Waals surface area contributed by atoms with Crippen LogP contribution in [0.4, 0.5) is 0 Å². The van der Waals surface area contributed by atoms with Crippen LogP contribution in [0.1, 0.15) is 71.3 Å². The van der Waals surface area contributed by atoms with Gasteiger partial charge in [-0.1, -0.05) is 63.9 Å². The second kappa shape index (κ2) is 10.3. The standard InChI is InChI=1S/C26H32N2O2/c1-4-7-12-20-17-22(18-21(25(20)29)13-8-5-2)23-24(19-14-10-9-11-15-19)27-28(16-6-3)26(23)30/h9-11,14-15,17-18H,4-8,12-13,16H2,1-3H3. The number of hydrogen-bond acceptors (Lipinski definition) is 3. The highest BCUT2D eigenvalue weighted by Crippen LogP contribution is 2.31. The number of amides is 1. The number of hydrazone groups is 1. The zero-order chi connectivity index (χ0) is 21.5. The molecule has 0 aromatic heterocycles. The number of unbranched alkanes of at least 4 members (excludes halogenated alkanes) is 2. The first kappa shape index (κ1) is 21.9. The Kier molecular flexibility index (Phi) is 7.56. The van der Waals surface area contributed by atoms with Crippen LogP contribution in [0.2, 0.25) is 0 Å². The molecule has 0 saturated carbocycles. The molecule has 0 spiro atoms. The predicted molar refractivity (Wildman–Crippen MR) is 122 cm³/mol. The molecule has 158 valence electrons. The summed E-state index contributed by atoms with van der Waals surface area (Å²) in [6.45, 7) is 6.89. The summed E-state index contributed by atoms with van der Waals surface area (Å²) in [4.78, 5) is 26.3. The molecule has 0 N–H and O–H groups in total. The van der Waals surface area contributed by atoms with Gasteiger partial charge in [-0.3, -0.25) is 9.59 Å². The molecular weight excluding hydrogens is 372 g/mol. The van der Waals surface area contributed by atoms with E-state index in [2.05, 4.69) is 18.9 Å². The van der Waals surface area contributed by atoms with E-state index in [4.69, 9.17) is 0 Å².